The molecule has 0 aliphatic carbocycles. The minimum atomic E-state index is -0.102. The van der Waals surface area contributed by atoms with Crippen molar-refractivity contribution in [2.75, 3.05) is 11.6 Å². The third kappa shape index (κ3) is 2.43. The van der Waals surface area contributed by atoms with Crippen molar-refractivity contribution in [1.29, 1.82) is 0 Å². The van der Waals surface area contributed by atoms with Crippen molar-refractivity contribution in [3.63, 3.8) is 0 Å². The minimum Gasteiger partial charge on any atom is -0.330 e. The Balaban J connectivity index is 2.17. The van der Waals surface area contributed by atoms with Gasteiger partial charge < -0.3 is 5.73 Å². The van der Waals surface area contributed by atoms with Crippen molar-refractivity contribution in [1.82, 2.24) is 0 Å². The lowest BCUT2D eigenvalue weighted by Gasteiger charge is -2.14. The highest BCUT2D eigenvalue weighted by Crippen LogP contribution is 2.26. The summed E-state index contributed by atoms with van der Waals surface area (Å²) in [5, 5.41) is 5.87. The molecule has 1 aliphatic heterocycles. The molecule has 1 aromatic rings. The molecule has 0 fully saturated rings. The summed E-state index contributed by atoms with van der Waals surface area (Å²) in [6.45, 7) is 4.54. The molecule has 1 amide bonds. The third-order valence-corrected chi connectivity index (χ3v) is 3.24. The molecule has 1 unspecified atom stereocenters. The van der Waals surface area contributed by atoms with Crippen LogP contribution in [0.2, 0.25) is 0 Å². The molecule has 4 heteroatoms. The van der Waals surface area contributed by atoms with E-state index in [9.17, 15) is 4.79 Å². The second-order valence-corrected chi connectivity index (χ2v) is 4.71. The van der Waals surface area contributed by atoms with Crippen molar-refractivity contribution >= 4 is 17.3 Å². The molecule has 4 nitrogen and oxygen atoms in total. The number of amides is 1. The predicted octanol–water partition coefficient (Wildman–Crippen LogP) is 2.07. The molecule has 1 atom stereocenters. The zero-order chi connectivity index (χ0) is 13.1. The number of anilines is 1. The zero-order valence-electron chi connectivity index (χ0n) is 10.9. The fourth-order valence-electron chi connectivity index (χ4n) is 2.13. The maximum atomic E-state index is 12.3. The van der Waals surface area contributed by atoms with Crippen LogP contribution in [-0.2, 0) is 4.79 Å². The number of carbonyl (C=O) groups is 1. The summed E-state index contributed by atoms with van der Waals surface area (Å²) in [4.78, 5) is 12.3. The third-order valence-electron chi connectivity index (χ3n) is 3.24. The number of carbonyl (C=O) groups excluding carboxylic acids is 1. The van der Waals surface area contributed by atoms with Crippen LogP contribution >= 0.6 is 0 Å². The van der Waals surface area contributed by atoms with E-state index in [0.717, 1.165) is 24.2 Å². The first kappa shape index (κ1) is 12.8. The quantitative estimate of drug-likeness (QED) is 0.882. The van der Waals surface area contributed by atoms with Crippen LogP contribution in [0.4, 0.5) is 5.69 Å². The first-order chi connectivity index (χ1) is 8.63. The van der Waals surface area contributed by atoms with Crippen LogP contribution in [0.15, 0.2) is 29.4 Å². The average molecular weight is 245 g/mol. The van der Waals surface area contributed by atoms with Crippen molar-refractivity contribution in [3.8, 4) is 0 Å². The van der Waals surface area contributed by atoms with Crippen molar-refractivity contribution in [2.24, 2.45) is 16.8 Å². The second-order valence-electron chi connectivity index (χ2n) is 4.71. The number of nitrogens with two attached hydrogens (primary N) is 1. The molecule has 18 heavy (non-hydrogen) atoms. The molecule has 1 aromatic carbocycles. The Morgan fingerprint density at radius 3 is 2.56 bits per heavy atom. The molecule has 0 bridgehead atoms. The molecule has 1 aliphatic rings. The highest BCUT2D eigenvalue weighted by Gasteiger charge is 2.33. The lowest BCUT2D eigenvalue weighted by atomic mass is 9.98. The summed E-state index contributed by atoms with van der Waals surface area (Å²) in [5.41, 5.74) is 8.38. The first-order valence-electron chi connectivity index (χ1n) is 6.29. The number of nitrogens with zero attached hydrogens (tertiary/aromatic N) is 2. The topological polar surface area (TPSA) is 58.7 Å². The molecular formula is C14H19N3O. The van der Waals surface area contributed by atoms with E-state index in [4.69, 9.17) is 5.73 Å². The van der Waals surface area contributed by atoms with E-state index in [0.29, 0.717) is 6.54 Å². The predicted molar refractivity (Wildman–Crippen MR) is 73.6 cm³/mol. The Labute approximate surface area is 107 Å². The minimum absolute atomic E-state index is 0.0600. The van der Waals surface area contributed by atoms with Gasteiger partial charge in [-0.1, -0.05) is 17.7 Å². The van der Waals surface area contributed by atoms with Crippen LogP contribution in [0.25, 0.3) is 0 Å². The van der Waals surface area contributed by atoms with Gasteiger partial charge in [-0.25, -0.2) is 5.01 Å². The molecular weight excluding hydrogens is 226 g/mol. The van der Waals surface area contributed by atoms with E-state index in [-0.39, 0.29) is 11.8 Å². The monoisotopic (exact) mass is 245 g/mol. The van der Waals surface area contributed by atoms with Crippen LogP contribution in [-0.4, -0.2) is 18.2 Å². The number of benzene rings is 1. The number of hydrazone groups is 1. The average Bonchev–Trinajstić information content (AvgIpc) is 2.64. The summed E-state index contributed by atoms with van der Waals surface area (Å²) in [5.74, 6) is -0.0420. The first-order valence-corrected chi connectivity index (χ1v) is 6.29. The van der Waals surface area contributed by atoms with E-state index in [1.165, 1.54) is 10.6 Å². The summed E-state index contributed by atoms with van der Waals surface area (Å²) in [6, 6.07) is 7.83. The van der Waals surface area contributed by atoms with Gasteiger partial charge in [0, 0.05) is 5.71 Å². The van der Waals surface area contributed by atoms with Crippen LogP contribution < -0.4 is 10.7 Å². The van der Waals surface area contributed by atoms with Gasteiger partial charge in [0.1, 0.15) is 0 Å². The van der Waals surface area contributed by atoms with Gasteiger partial charge in [-0.2, -0.15) is 5.10 Å². The van der Waals surface area contributed by atoms with E-state index >= 15 is 0 Å². The van der Waals surface area contributed by atoms with Crippen molar-refractivity contribution in [3.05, 3.63) is 29.8 Å². The van der Waals surface area contributed by atoms with Gasteiger partial charge in [0.05, 0.1) is 11.6 Å². The molecule has 0 saturated carbocycles. The second kappa shape index (κ2) is 5.31. The largest absolute Gasteiger partial charge is 0.330 e. The van der Waals surface area contributed by atoms with Gasteiger partial charge >= 0.3 is 0 Å². The Hall–Kier alpha value is -1.68. The standard InChI is InChI=1S/C14H19N3O/c1-10-5-7-12(8-6-10)17-14(18)13(4-3-9-15)11(2)16-17/h5-8,13H,3-4,9,15H2,1-2H3. The summed E-state index contributed by atoms with van der Waals surface area (Å²) >= 11 is 0. The lowest BCUT2D eigenvalue weighted by Crippen LogP contribution is -2.27. The van der Waals surface area contributed by atoms with E-state index in [1.54, 1.807) is 0 Å². The van der Waals surface area contributed by atoms with Crippen molar-refractivity contribution in [2.45, 2.75) is 26.7 Å². The van der Waals surface area contributed by atoms with E-state index in [1.807, 2.05) is 38.1 Å². The Morgan fingerprint density at radius 2 is 1.94 bits per heavy atom. The van der Waals surface area contributed by atoms with Gasteiger partial charge in [-0.05, 0) is 45.4 Å². The molecule has 0 saturated heterocycles. The fourth-order valence-corrected chi connectivity index (χ4v) is 2.13. The van der Waals surface area contributed by atoms with Crippen LogP contribution in [0.3, 0.4) is 0 Å². The SMILES string of the molecule is CC1=NN(c2ccc(C)cc2)C(=O)C1CCCN. The molecule has 2 rings (SSSR count). The number of hydrogen-bond donors (Lipinski definition) is 1. The van der Waals surface area contributed by atoms with Crippen molar-refractivity contribution < 1.29 is 4.79 Å². The normalized spacial score (nSPS) is 19.3. The Bertz CT molecular complexity index is 464. The Kier molecular flexibility index (Phi) is 3.77. The van der Waals surface area contributed by atoms with Crippen LogP contribution in [0, 0.1) is 12.8 Å². The van der Waals surface area contributed by atoms with Gasteiger partial charge in [0.2, 0.25) is 0 Å². The van der Waals surface area contributed by atoms with Crippen LogP contribution in [0.1, 0.15) is 25.3 Å². The van der Waals surface area contributed by atoms with E-state index in [2.05, 4.69) is 5.10 Å². The van der Waals surface area contributed by atoms with Gasteiger partial charge in [-0.3, -0.25) is 4.79 Å². The fraction of sp³-hybridized carbons (Fsp3) is 0.429. The molecule has 96 valence electrons. The summed E-state index contributed by atoms with van der Waals surface area (Å²) in [7, 11) is 0. The maximum absolute atomic E-state index is 12.3. The molecule has 0 aromatic heterocycles. The van der Waals surface area contributed by atoms with E-state index < -0.39 is 0 Å². The zero-order valence-corrected chi connectivity index (χ0v) is 10.9. The lowest BCUT2D eigenvalue weighted by molar-refractivity contribution is -0.119. The van der Waals surface area contributed by atoms with Gasteiger partial charge in [-0.15, -0.1) is 0 Å². The maximum Gasteiger partial charge on any atom is 0.256 e. The molecule has 0 spiro atoms. The highest BCUT2D eigenvalue weighted by molar-refractivity contribution is 6.14. The molecule has 0 radical (unpaired) electrons. The molecule has 2 N–H and O–H groups in total. The van der Waals surface area contributed by atoms with Gasteiger partial charge in [0.15, 0.2) is 0 Å². The summed E-state index contributed by atoms with van der Waals surface area (Å²) in [6.07, 6.45) is 1.64. The summed E-state index contributed by atoms with van der Waals surface area (Å²) < 4.78 is 0. The Morgan fingerprint density at radius 1 is 1.28 bits per heavy atom. The highest BCUT2D eigenvalue weighted by atomic mass is 16.2. The smallest absolute Gasteiger partial charge is 0.256 e. The van der Waals surface area contributed by atoms with Gasteiger partial charge in [0.25, 0.3) is 5.91 Å². The number of aryl methyl sites for hydroxylation is 1. The number of rotatable bonds is 4. The molecule has 1 heterocycles. The van der Waals surface area contributed by atoms with Crippen LogP contribution in [0.5, 0.6) is 0 Å². The number of hydrogen-bond acceptors (Lipinski definition) is 3.